The molecule has 112 valence electrons. The Hall–Kier alpha value is -2.62. The Balaban J connectivity index is 1.62. The first-order chi connectivity index (χ1) is 10.7. The number of hydrogen-bond acceptors (Lipinski definition) is 3. The number of fused-ring (bicyclic) bond motifs is 1. The summed E-state index contributed by atoms with van der Waals surface area (Å²) < 4.78 is 7.43. The number of aryl methyl sites for hydroxylation is 2. The van der Waals surface area contributed by atoms with Gasteiger partial charge in [0.25, 0.3) is 5.56 Å². The smallest absolute Gasteiger partial charge is 0.250 e. The van der Waals surface area contributed by atoms with E-state index in [2.05, 4.69) is 4.98 Å². The Morgan fingerprint density at radius 2 is 2.05 bits per heavy atom. The summed E-state index contributed by atoms with van der Waals surface area (Å²) in [5, 5.41) is 1.00. The Kier molecular flexibility index (Phi) is 4.19. The number of nitrogens with zero attached hydrogens (tertiary/aromatic N) is 2. The van der Waals surface area contributed by atoms with E-state index < -0.39 is 0 Å². The van der Waals surface area contributed by atoms with Crippen molar-refractivity contribution >= 4 is 10.9 Å². The number of aromatic nitrogens is 2. The number of rotatable bonds is 5. The average Bonchev–Trinajstić information content (AvgIpc) is 2.56. The van der Waals surface area contributed by atoms with Crippen LogP contribution in [0.1, 0.15) is 12.1 Å². The quantitative estimate of drug-likeness (QED) is 0.680. The van der Waals surface area contributed by atoms with Crippen LogP contribution in [-0.4, -0.2) is 16.2 Å². The predicted octanol–water partition coefficient (Wildman–Crippen LogP) is 2.95. The summed E-state index contributed by atoms with van der Waals surface area (Å²) in [4.78, 5) is 15.9. The number of pyridine rings is 2. The van der Waals surface area contributed by atoms with Crippen molar-refractivity contribution in [3.63, 3.8) is 0 Å². The first kappa shape index (κ1) is 14.3. The second kappa shape index (κ2) is 6.43. The van der Waals surface area contributed by atoms with E-state index in [9.17, 15) is 4.79 Å². The van der Waals surface area contributed by atoms with E-state index in [0.29, 0.717) is 6.61 Å². The van der Waals surface area contributed by atoms with Gasteiger partial charge in [-0.25, -0.2) is 0 Å². The van der Waals surface area contributed by atoms with E-state index >= 15 is 0 Å². The van der Waals surface area contributed by atoms with Crippen molar-refractivity contribution in [3.05, 3.63) is 70.8 Å². The highest BCUT2D eigenvalue weighted by Crippen LogP contribution is 2.19. The SMILES string of the molecule is Cn1c(=O)ccc2cc(OCCCc3ccccn3)ccc21. The molecule has 0 spiro atoms. The van der Waals surface area contributed by atoms with Crippen LogP contribution in [0.4, 0.5) is 0 Å². The van der Waals surface area contributed by atoms with Crippen LogP contribution in [0.3, 0.4) is 0 Å². The lowest BCUT2D eigenvalue weighted by atomic mass is 10.2. The maximum atomic E-state index is 11.6. The maximum Gasteiger partial charge on any atom is 0.250 e. The van der Waals surface area contributed by atoms with Gasteiger partial charge in [-0.3, -0.25) is 9.78 Å². The predicted molar refractivity (Wildman–Crippen MR) is 87.2 cm³/mol. The van der Waals surface area contributed by atoms with Gasteiger partial charge < -0.3 is 9.30 Å². The fourth-order valence-corrected chi connectivity index (χ4v) is 2.44. The fourth-order valence-electron chi connectivity index (χ4n) is 2.44. The second-order valence-corrected chi connectivity index (χ2v) is 5.22. The monoisotopic (exact) mass is 294 g/mol. The summed E-state index contributed by atoms with van der Waals surface area (Å²) in [6, 6.07) is 15.1. The zero-order valence-electron chi connectivity index (χ0n) is 12.5. The van der Waals surface area contributed by atoms with Crippen LogP contribution in [0, 0.1) is 0 Å². The molecule has 0 aliphatic carbocycles. The van der Waals surface area contributed by atoms with E-state index in [0.717, 1.165) is 35.2 Å². The molecule has 0 aliphatic heterocycles. The largest absolute Gasteiger partial charge is 0.494 e. The summed E-state index contributed by atoms with van der Waals surface area (Å²) in [5.74, 6) is 0.826. The van der Waals surface area contributed by atoms with Gasteiger partial charge in [0.2, 0.25) is 0 Å². The lowest BCUT2D eigenvalue weighted by molar-refractivity contribution is 0.311. The molecule has 0 bridgehead atoms. The summed E-state index contributed by atoms with van der Waals surface area (Å²) in [5.41, 5.74) is 1.99. The lowest BCUT2D eigenvalue weighted by Gasteiger charge is -2.09. The van der Waals surface area contributed by atoms with E-state index in [1.807, 2.05) is 48.7 Å². The summed E-state index contributed by atoms with van der Waals surface area (Å²) in [7, 11) is 1.78. The highest BCUT2D eigenvalue weighted by Gasteiger charge is 2.02. The highest BCUT2D eigenvalue weighted by molar-refractivity contribution is 5.80. The molecule has 0 fully saturated rings. The van der Waals surface area contributed by atoms with Crippen LogP contribution in [0.5, 0.6) is 5.75 Å². The summed E-state index contributed by atoms with van der Waals surface area (Å²) in [6.07, 6.45) is 3.63. The van der Waals surface area contributed by atoms with Crippen LogP contribution in [0.25, 0.3) is 10.9 Å². The van der Waals surface area contributed by atoms with Crippen LogP contribution < -0.4 is 10.3 Å². The number of ether oxygens (including phenoxy) is 1. The molecule has 0 saturated carbocycles. The third kappa shape index (κ3) is 3.17. The Morgan fingerprint density at radius 1 is 1.14 bits per heavy atom. The van der Waals surface area contributed by atoms with Crippen LogP contribution in [0.2, 0.25) is 0 Å². The zero-order chi connectivity index (χ0) is 15.4. The van der Waals surface area contributed by atoms with E-state index in [4.69, 9.17) is 4.74 Å². The third-order valence-electron chi connectivity index (χ3n) is 3.67. The van der Waals surface area contributed by atoms with Gasteiger partial charge in [-0.05, 0) is 49.2 Å². The van der Waals surface area contributed by atoms with Gasteiger partial charge in [0, 0.05) is 30.4 Å². The molecule has 4 heteroatoms. The first-order valence-corrected chi connectivity index (χ1v) is 7.36. The van der Waals surface area contributed by atoms with E-state index in [1.165, 1.54) is 0 Å². The van der Waals surface area contributed by atoms with Crippen LogP contribution in [0.15, 0.2) is 59.5 Å². The van der Waals surface area contributed by atoms with Gasteiger partial charge in [-0.15, -0.1) is 0 Å². The Bertz CT molecular complexity index is 825. The van der Waals surface area contributed by atoms with Crippen molar-refractivity contribution < 1.29 is 4.74 Å². The topological polar surface area (TPSA) is 44.1 Å². The molecule has 4 nitrogen and oxygen atoms in total. The van der Waals surface area contributed by atoms with Gasteiger partial charge in [0.15, 0.2) is 0 Å². The van der Waals surface area contributed by atoms with Crippen molar-refractivity contribution in [3.8, 4) is 5.75 Å². The van der Waals surface area contributed by atoms with Crippen molar-refractivity contribution in [2.75, 3.05) is 6.61 Å². The van der Waals surface area contributed by atoms with Crippen molar-refractivity contribution in [2.45, 2.75) is 12.8 Å². The molecule has 2 aromatic heterocycles. The van der Waals surface area contributed by atoms with Gasteiger partial charge in [0.1, 0.15) is 5.75 Å². The molecule has 1 aromatic carbocycles. The Labute approximate surface area is 129 Å². The fraction of sp³-hybridized carbons (Fsp3) is 0.222. The van der Waals surface area contributed by atoms with Gasteiger partial charge in [0.05, 0.1) is 12.1 Å². The molecule has 0 unspecified atom stereocenters. The normalized spacial score (nSPS) is 10.8. The van der Waals surface area contributed by atoms with Crippen LogP contribution in [-0.2, 0) is 13.5 Å². The van der Waals surface area contributed by atoms with Crippen molar-refractivity contribution in [2.24, 2.45) is 7.05 Å². The first-order valence-electron chi connectivity index (χ1n) is 7.36. The van der Waals surface area contributed by atoms with E-state index in [-0.39, 0.29) is 5.56 Å². The molecular formula is C18H18N2O2. The zero-order valence-corrected chi connectivity index (χ0v) is 12.5. The summed E-state index contributed by atoms with van der Waals surface area (Å²) in [6.45, 7) is 0.647. The van der Waals surface area contributed by atoms with Gasteiger partial charge in [-0.1, -0.05) is 6.07 Å². The third-order valence-corrected chi connectivity index (χ3v) is 3.67. The number of hydrogen-bond donors (Lipinski definition) is 0. The number of benzene rings is 1. The lowest BCUT2D eigenvalue weighted by Crippen LogP contribution is -2.14. The molecule has 2 heterocycles. The van der Waals surface area contributed by atoms with Gasteiger partial charge >= 0.3 is 0 Å². The van der Waals surface area contributed by atoms with Crippen molar-refractivity contribution in [1.82, 2.24) is 9.55 Å². The molecule has 3 aromatic rings. The van der Waals surface area contributed by atoms with Crippen molar-refractivity contribution in [1.29, 1.82) is 0 Å². The maximum absolute atomic E-state index is 11.6. The minimum atomic E-state index is -0.00321. The molecule has 0 saturated heterocycles. The van der Waals surface area contributed by atoms with Gasteiger partial charge in [-0.2, -0.15) is 0 Å². The van der Waals surface area contributed by atoms with E-state index in [1.54, 1.807) is 17.7 Å². The molecule has 3 rings (SSSR count). The second-order valence-electron chi connectivity index (χ2n) is 5.22. The minimum absolute atomic E-state index is 0.00321. The molecule has 0 N–H and O–H groups in total. The molecule has 0 amide bonds. The molecule has 0 atom stereocenters. The Morgan fingerprint density at radius 3 is 2.86 bits per heavy atom. The molecular weight excluding hydrogens is 276 g/mol. The molecule has 22 heavy (non-hydrogen) atoms. The average molecular weight is 294 g/mol. The molecule has 0 radical (unpaired) electrons. The van der Waals surface area contributed by atoms with Crippen LogP contribution >= 0.6 is 0 Å². The standard InChI is InChI=1S/C18H18N2O2/c1-20-17-9-8-16(13-14(17)7-10-18(20)21)22-12-4-6-15-5-2-3-11-19-15/h2-3,5,7-11,13H,4,6,12H2,1H3. The minimum Gasteiger partial charge on any atom is -0.494 e. The highest BCUT2D eigenvalue weighted by atomic mass is 16.5. The molecule has 0 aliphatic rings. The summed E-state index contributed by atoms with van der Waals surface area (Å²) >= 11 is 0.